The molecule has 0 saturated carbocycles. The lowest BCUT2D eigenvalue weighted by atomic mass is 9.71. The molecule has 2 aromatic rings. The van der Waals surface area contributed by atoms with Gasteiger partial charge in [-0.1, -0.05) is 30.3 Å². The van der Waals surface area contributed by atoms with Crippen LogP contribution >= 0.6 is 15.9 Å². The highest BCUT2D eigenvalue weighted by Crippen LogP contribution is 2.54. The van der Waals surface area contributed by atoms with Gasteiger partial charge in [0.15, 0.2) is 0 Å². The normalized spacial score (nSPS) is 27.4. The lowest BCUT2D eigenvalue weighted by Crippen LogP contribution is -2.52. The Morgan fingerprint density at radius 2 is 1.97 bits per heavy atom. The SMILES string of the molecule is CC1(C)Oc2c(Br)ccc(F)c2[C@H]2O[C@@H](CCc3ccccc3)[C@@H](C(=O)O)C[C@@H]21. The first-order valence-electron chi connectivity index (χ1n) is 9.87. The van der Waals surface area contributed by atoms with Crippen LogP contribution in [0.25, 0.3) is 0 Å². The van der Waals surface area contributed by atoms with Gasteiger partial charge in [-0.3, -0.25) is 4.79 Å². The van der Waals surface area contributed by atoms with Gasteiger partial charge in [0, 0.05) is 5.92 Å². The Kier molecular flexibility index (Phi) is 5.42. The van der Waals surface area contributed by atoms with Gasteiger partial charge in [-0.15, -0.1) is 0 Å². The van der Waals surface area contributed by atoms with Crippen molar-refractivity contribution in [3.8, 4) is 5.75 Å². The molecule has 1 saturated heterocycles. The Bertz CT molecular complexity index is 915. The van der Waals surface area contributed by atoms with E-state index in [1.807, 2.05) is 44.2 Å². The second kappa shape index (κ2) is 7.73. The third kappa shape index (κ3) is 3.80. The van der Waals surface area contributed by atoms with Gasteiger partial charge in [0.1, 0.15) is 17.2 Å². The molecule has 2 aliphatic heterocycles. The van der Waals surface area contributed by atoms with Gasteiger partial charge < -0.3 is 14.6 Å². The maximum Gasteiger partial charge on any atom is 0.309 e. The van der Waals surface area contributed by atoms with E-state index in [1.54, 1.807) is 6.07 Å². The lowest BCUT2D eigenvalue weighted by molar-refractivity contribution is -0.189. The van der Waals surface area contributed by atoms with Crippen molar-refractivity contribution in [3.63, 3.8) is 0 Å². The van der Waals surface area contributed by atoms with Crippen LogP contribution in [-0.4, -0.2) is 22.8 Å². The summed E-state index contributed by atoms with van der Waals surface area (Å²) >= 11 is 3.45. The second-order valence-electron chi connectivity index (χ2n) is 8.38. The minimum Gasteiger partial charge on any atom is -0.486 e. The van der Waals surface area contributed by atoms with E-state index >= 15 is 0 Å². The summed E-state index contributed by atoms with van der Waals surface area (Å²) in [4.78, 5) is 12.0. The smallest absolute Gasteiger partial charge is 0.309 e. The van der Waals surface area contributed by atoms with Crippen LogP contribution in [0.1, 0.15) is 43.9 Å². The molecule has 0 aromatic heterocycles. The van der Waals surface area contributed by atoms with Crippen LogP contribution < -0.4 is 4.74 Å². The largest absolute Gasteiger partial charge is 0.486 e. The van der Waals surface area contributed by atoms with Gasteiger partial charge in [0.05, 0.1) is 28.2 Å². The third-order valence-electron chi connectivity index (χ3n) is 6.16. The molecule has 0 amide bonds. The fraction of sp³-hybridized carbons (Fsp3) is 0.435. The summed E-state index contributed by atoms with van der Waals surface area (Å²) < 4.78 is 28.0. The average molecular weight is 463 g/mol. The van der Waals surface area contributed by atoms with Crippen molar-refractivity contribution in [1.82, 2.24) is 0 Å². The molecule has 1 fully saturated rings. The molecule has 0 aliphatic carbocycles. The van der Waals surface area contributed by atoms with Crippen molar-refractivity contribution in [2.45, 2.75) is 50.9 Å². The number of fused-ring (bicyclic) bond motifs is 3. The van der Waals surface area contributed by atoms with Crippen LogP contribution in [-0.2, 0) is 16.0 Å². The summed E-state index contributed by atoms with van der Waals surface area (Å²) in [5.41, 5.74) is 0.841. The molecule has 2 heterocycles. The van der Waals surface area contributed by atoms with Crippen molar-refractivity contribution < 1.29 is 23.8 Å². The highest BCUT2D eigenvalue weighted by atomic mass is 79.9. The zero-order chi connectivity index (χ0) is 20.8. The number of halogens is 2. The Morgan fingerprint density at radius 1 is 1.24 bits per heavy atom. The molecule has 29 heavy (non-hydrogen) atoms. The summed E-state index contributed by atoms with van der Waals surface area (Å²) in [7, 11) is 0. The number of aliphatic carboxylic acids is 1. The minimum atomic E-state index is -0.877. The summed E-state index contributed by atoms with van der Waals surface area (Å²) in [5.74, 6) is -1.72. The number of carboxylic acid groups (broad SMARTS) is 1. The van der Waals surface area contributed by atoms with Gasteiger partial charge in [-0.25, -0.2) is 4.39 Å². The fourth-order valence-corrected chi connectivity index (χ4v) is 5.01. The lowest BCUT2D eigenvalue weighted by Gasteiger charge is -2.50. The molecule has 0 bridgehead atoms. The first-order chi connectivity index (χ1) is 13.8. The fourth-order valence-electron chi connectivity index (χ4n) is 4.58. The number of ether oxygens (including phenoxy) is 2. The van der Waals surface area contributed by atoms with Crippen LogP contribution in [0.4, 0.5) is 4.39 Å². The van der Waals surface area contributed by atoms with Gasteiger partial charge in [0.2, 0.25) is 0 Å². The van der Waals surface area contributed by atoms with Gasteiger partial charge in [-0.05, 0) is 66.7 Å². The molecule has 4 nitrogen and oxygen atoms in total. The quantitative estimate of drug-likeness (QED) is 0.647. The number of benzene rings is 2. The van der Waals surface area contributed by atoms with Crippen molar-refractivity contribution in [3.05, 3.63) is 63.9 Å². The van der Waals surface area contributed by atoms with Crippen LogP contribution in [0.5, 0.6) is 5.75 Å². The van der Waals surface area contributed by atoms with Gasteiger partial charge in [0.25, 0.3) is 0 Å². The van der Waals surface area contributed by atoms with E-state index in [9.17, 15) is 14.3 Å². The third-order valence-corrected chi connectivity index (χ3v) is 6.78. The van der Waals surface area contributed by atoms with E-state index in [2.05, 4.69) is 15.9 Å². The summed E-state index contributed by atoms with van der Waals surface area (Å²) in [5, 5.41) is 9.86. The van der Waals surface area contributed by atoms with Crippen molar-refractivity contribution in [1.29, 1.82) is 0 Å². The van der Waals surface area contributed by atoms with Crippen LogP contribution in [0.2, 0.25) is 0 Å². The molecule has 0 unspecified atom stereocenters. The molecule has 154 valence electrons. The maximum absolute atomic E-state index is 14.8. The van der Waals surface area contributed by atoms with Crippen LogP contribution in [0.3, 0.4) is 0 Å². The number of carboxylic acids is 1. The number of rotatable bonds is 4. The summed E-state index contributed by atoms with van der Waals surface area (Å²) in [6, 6.07) is 12.9. The number of hydrogen-bond acceptors (Lipinski definition) is 3. The Morgan fingerprint density at radius 3 is 2.66 bits per heavy atom. The molecule has 0 spiro atoms. The number of aryl methyl sites for hydroxylation is 1. The zero-order valence-corrected chi connectivity index (χ0v) is 18.0. The van der Waals surface area contributed by atoms with Gasteiger partial charge >= 0.3 is 5.97 Å². The van der Waals surface area contributed by atoms with E-state index < -0.39 is 29.7 Å². The van der Waals surface area contributed by atoms with Crippen LogP contribution in [0.15, 0.2) is 46.9 Å². The number of hydrogen-bond donors (Lipinski definition) is 1. The molecule has 1 N–H and O–H groups in total. The Balaban J connectivity index is 1.67. The van der Waals surface area contributed by atoms with Crippen LogP contribution in [0, 0.1) is 17.7 Å². The van der Waals surface area contributed by atoms with E-state index in [0.717, 1.165) is 5.56 Å². The summed E-state index contributed by atoms with van der Waals surface area (Å²) in [6.07, 6.45) is 0.631. The highest BCUT2D eigenvalue weighted by Gasteiger charge is 2.53. The van der Waals surface area contributed by atoms with Crippen molar-refractivity contribution in [2.24, 2.45) is 11.8 Å². The zero-order valence-electron chi connectivity index (χ0n) is 16.4. The average Bonchev–Trinajstić information content (AvgIpc) is 2.69. The standard InChI is InChI=1S/C23H24BrFO4/c1-23(2)15-12-14(22(26)27)18(11-8-13-6-4-3-5-7-13)28-20(15)19-17(25)10-9-16(24)21(19)29-23/h3-7,9-10,14-15,18,20H,8,11-12H2,1-2H3,(H,26,27)/t14-,15-,18-,20-/m0/s1. The molecular formula is C23H24BrFO4. The van der Waals surface area contributed by atoms with E-state index in [0.29, 0.717) is 35.0 Å². The molecule has 2 aliphatic rings. The monoisotopic (exact) mass is 462 g/mol. The predicted molar refractivity (Wildman–Crippen MR) is 110 cm³/mol. The summed E-state index contributed by atoms with van der Waals surface area (Å²) in [6.45, 7) is 3.83. The molecule has 0 radical (unpaired) electrons. The van der Waals surface area contributed by atoms with E-state index in [-0.39, 0.29) is 11.7 Å². The van der Waals surface area contributed by atoms with Crippen molar-refractivity contribution >= 4 is 21.9 Å². The minimum absolute atomic E-state index is 0.257. The first kappa shape index (κ1) is 20.4. The number of carbonyl (C=O) groups is 1. The molecule has 4 rings (SSSR count). The van der Waals surface area contributed by atoms with Gasteiger partial charge in [-0.2, -0.15) is 0 Å². The molecular weight excluding hydrogens is 439 g/mol. The maximum atomic E-state index is 14.8. The van der Waals surface area contributed by atoms with Crippen molar-refractivity contribution in [2.75, 3.05) is 0 Å². The Hall–Kier alpha value is -1.92. The van der Waals surface area contributed by atoms with E-state index in [4.69, 9.17) is 9.47 Å². The first-order valence-corrected chi connectivity index (χ1v) is 10.7. The molecule has 4 atom stereocenters. The second-order valence-corrected chi connectivity index (χ2v) is 9.24. The Labute approximate surface area is 178 Å². The topological polar surface area (TPSA) is 55.8 Å². The molecule has 2 aromatic carbocycles. The highest BCUT2D eigenvalue weighted by molar-refractivity contribution is 9.10. The predicted octanol–water partition coefficient (Wildman–Crippen LogP) is 5.54. The van der Waals surface area contributed by atoms with E-state index in [1.165, 1.54) is 6.07 Å². The molecule has 6 heteroatoms.